The summed E-state index contributed by atoms with van der Waals surface area (Å²) < 4.78 is 5.29. The predicted octanol–water partition coefficient (Wildman–Crippen LogP) is 1.26. The Morgan fingerprint density at radius 1 is 1.23 bits per heavy atom. The number of aliphatic hydroxyl groups is 1. The highest BCUT2D eigenvalue weighted by Gasteiger charge is 2.40. The van der Waals surface area contributed by atoms with Gasteiger partial charge in [-0.25, -0.2) is 4.79 Å². The smallest absolute Gasteiger partial charge is 0.336 e. The Bertz CT molecular complexity index is 887. The second-order valence-electron chi connectivity index (χ2n) is 8.89. The van der Waals surface area contributed by atoms with Crippen LogP contribution in [-0.4, -0.2) is 99.7 Å². The zero-order chi connectivity index (χ0) is 26.8. The number of nitrogens with zero attached hydrogens (tertiary/aromatic N) is 2. The van der Waals surface area contributed by atoms with Crippen LogP contribution in [0, 0.1) is 5.92 Å². The first-order valence-electron chi connectivity index (χ1n) is 11.1. The molecule has 1 heterocycles. The van der Waals surface area contributed by atoms with Gasteiger partial charge >= 0.3 is 17.9 Å². The van der Waals surface area contributed by atoms with Gasteiger partial charge < -0.3 is 40.1 Å². The lowest BCUT2D eigenvalue weighted by atomic mass is 9.96. The minimum atomic E-state index is -2.74. The van der Waals surface area contributed by atoms with Crippen molar-refractivity contribution in [3.63, 3.8) is 0 Å². The molecule has 2 rings (SSSR count). The molecule has 0 aliphatic carbocycles. The average Bonchev–Trinajstić information content (AvgIpc) is 3.13. The molecular weight excluding hydrogens is 460 g/mol. The number of hydrogen-bond acceptors (Lipinski definition) is 8. The Hall–Kier alpha value is -3.15. The maximum absolute atomic E-state index is 10.3. The largest absolute Gasteiger partial charge is 0.504 e. The molecule has 1 aliphatic rings. The maximum atomic E-state index is 10.3. The number of rotatable bonds is 12. The van der Waals surface area contributed by atoms with Gasteiger partial charge in [-0.1, -0.05) is 12.1 Å². The van der Waals surface area contributed by atoms with E-state index in [4.69, 9.17) is 25.2 Å². The van der Waals surface area contributed by atoms with Crippen LogP contribution in [0.1, 0.15) is 30.4 Å². The molecule has 0 bridgehead atoms. The molecule has 1 aromatic carbocycles. The van der Waals surface area contributed by atoms with Crippen molar-refractivity contribution in [3.05, 3.63) is 35.9 Å². The molecule has 1 aliphatic heterocycles. The van der Waals surface area contributed by atoms with Gasteiger partial charge in [-0.05, 0) is 51.0 Å². The maximum Gasteiger partial charge on any atom is 0.336 e. The standard InChI is InChI=1S/C18H28N2O2.C6H8O7/c1-5-6-16-9-15(10-17(22-4)18(16)21)13-20(3)12-14-7-8-19(2)11-14;7-3(8)1-6(13,5(11)12)2-4(9)10/h5,9-10,14,21H,1,6-8,11-13H2,2-4H3;13H,1-2H2,(H,7,8)(H,9,10)(H,11,12). The monoisotopic (exact) mass is 496 g/mol. The molecule has 5 N–H and O–H groups in total. The lowest BCUT2D eigenvalue weighted by Crippen LogP contribution is -2.42. The number of aliphatic carboxylic acids is 3. The summed E-state index contributed by atoms with van der Waals surface area (Å²) in [6, 6.07) is 3.98. The molecule has 1 unspecified atom stereocenters. The molecule has 1 fully saturated rings. The van der Waals surface area contributed by atoms with Gasteiger partial charge in [0.1, 0.15) is 0 Å². The molecule has 1 atom stereocenters. The Labute approximate surface area is 204 Å². The quantitative estimate of drug-likeness (QED) is 0.264. The fourth-order valence-corrected chi connectivity index (χ4v) is 3.99. The van der Waals surface area contributed by atoms with Gasteiger partial charge in [-0.3, -0.25) is 9.59 Å². The summed E-state index contributed by atoms with van der Waals surface area (Å²) in [6.07, 6.45) is 1.44. The minimum absolute atomic E-state index is 0.228. The van der Waals surface area contributed by atoms with E-state index in [1.54, 1.807) is 13.2 Å². The number of ether oxygens (including phenoxy) is 1. The highest BCUT2D eigenvalue weighted by Crippen LogP contribution is 2.32. The SMILES string of the molecule is C=CCc1cc(CN(C)CC2CCN(C)C2)cc(OC)c1O.O=C(O)CC(O)(CC(=O)O)C(=O)O. The van der Waals surface area contributed by atoms with Gasteiger partial charge in [0.25, 0.3) is 0 Å². The molecule has 0 radical (unpaired) electrons. The van der Waals surface area contributed by atoms with Gasteiger partial charge in [-0.15, -0.1) is 6.58 Å². The van der Waals surface area contributed by atoms with Gasteiger partial charge in [0.15, 0.2) is 17.1 Å². The molecule has 11 nitrogen and oxygen atoms in total. The Morgan fingerprint density at radius 2 is 1.83 bits per heavy atom. The zero-order valence-electron chi connectivity index (χ0n) is 20.4. The van der Waals surface area contributed by atoms with Crippen LogP contribution in [-0.2, 0) is 27.3 Å². The molecule has 0 amide bonds. The molecule has 35 heavy (non-hydrogen) atoms. The molecule has 11 heteroatoms. The molecule has 1 aromatic rings. The topological polar surface area (TPSA) is 168 Å². The molecule has 0 aromatic heterocycles. The van der Waals surface area contributed by atoms with Crippen molar-refractivity contribution >= 4 is 17.9 Å². The number of carboxylic acid groups (broad SMARTS) is 3. The van der Waals surface area contributed by atoms with Crippen LogP contribution in [0.4, 0.5) is 0 Å². The Kier molecular flexibility index (Phi) is 11.7. The van der Waals surface area contributed by atoms with E-state index in [0.717, 1.165) is 24.6 Å². The van der Waals surface area contributed by atoms with Crippen LogP contribution in [0.25, 0.3) is 0 Å². The predicted molar refractivity (Wildman–Crippen MR) is 128 cm³/mol. The van der Waals surface area contributed by atoms with Crippen LogP contribution < -0.4 is 4.74 Å². The first-order chi connectivity index (χ1) is 16.3. The molecule has 196 valence electrons. The van der Waals surface area contributed by atoms with E-state index >= 15 is 0 Å². The second-order valence-corrected chi connectivity index (χ2v) is 8.89. The van der Waals surface area contributed by atoms with Crippen LogP contribution in [0.2, 0.25) is 0 Å². The number of carboxylic acids is 3. The van der Waals surface area contributed by atoms with Gasteiger partial charge in [0, 0.05) is 25.2 Å². The highest BCUT2D eigenvalue weighted by molar-refractivity contribution is 5.88. The fourth-order valence-electron chi connectivity index (χ4n) is 3.99. The summed E-state index contributed by atoms with van der Waals surface area (Å²) in [4.78, 5) is 35.2. The summed E-state index contributed by atoms with van der Waals surface area (Å²) in [6.45, 7) is 8.10. The first kappa shape index (κ1) is 29.9. The van der Waals surface area contributed by atoms with Gasteiger partial charge in [0.2, 0.25) is 0 Å². The first-order valence-corrected chi connectivity index (χ1v) is 11.1. The van der Waals surface area contributed by atoms with E-state index < -0.39 is 36.4 Å². The number of phenols is 1. The number of phenolic OH excluding ortho intramolecular Hbond substituents is 1. The number of aromatic hydroxyl groups is 1. The number of hydrogen-bond donors (Lipinski definition) is 5. The van der Waals surface area contributed by atoms with Crippen molar-refractivity contribution in [2.75, 3.05) is 40.8 Å². The lowest BCUT2D eigenvalue weighted by Gasteiger charge is -2.22. The van der Waals surface area contributed by atoms with Crippen LogP contribution in [0.3, 0.4) is 0 Å². The summed E-state index contributed by atoms with van der Waals surface area (Å²) in [7, 11) is 5.94. The van der Waals surface area contributed by atoms with E-state index in [9.17, 15) is 19.5 Å². The van der Waals surface area contributed by atoms with E-state index in [0.29, 0.717) is 12.2 Å². The minimum Gasteiger partial charge on any atom is -0.504 e. The second kappa shape index (κ2) is 13.7. The third-order valence-electron chi connectivity index (χ3n) is 5.59. The van der Waals surface area contributed by atoms with E-state index in [-0.39, 0.29) is 5.75 Å². The summed E-state index contributed by atoms with van der Waals surface area (Å²) >= 11 is 0. The van der Waals surface area contributed by atoms with Crippen LogP contribution in [0.5, 0.6) is 11.5 Å². The Morgan fingerprint density at radius 3 is 2.26 bits per heavy atom. The zero-order valence-corrected chi connectivity index (χ0v) is 20.4. The van der Waals surface area contributed by atoms with Crippen LogP contribution >= 0.6 is 0 Å². The van der Waals surface area contributed by atoms with Crippen LogP contribution in [0.15, 0.2) is 24.8 Å². The molecular formula is C24H36N2O9. The van der Waals surface area contributed by atoms with Crippen molar-refractivity contribution in [2.24, 2.45) is 5.92 Å². The van der Waals surface area contributed by atoms with E-state index in [2.05, 4.69) is 36.5 Å². The van der Waals surface area contributed by atoms with Crippen molar-refractivity contribution in [2.45, 2.75) is 37.8 Å². The highest BCUT2D eigenvalue weighted by atomic mass is 16.5. The third kappa shape index (κ3) is 9.93. The fraction of sp³-hybridized carbons (Fsp3) is 0.542. The summed E-state index contributed by atoms with van der Waals surface area (Å²) in [5, 5.41) is 44.0. The van der Waals surface area contributed by atoms with Crippen molar-refractivity contribution in [1.82, 2.24) is 9.80 Å². The summed E-state index contributed by atoms with van der Waals surface area (Å²) in [5.41, 5.74) is -0.698. The van der Waals surface area contributed by atoms with Crippen molar-refractivity contribution < 1.29 is 44.7 Å². The number of methoxy groups -OCH3 is 1. The van der Waals surface area contributed by atoms with Crippen molar-refractivity contribution in [3.8, 4) is 11.5 Å². The number of likely N-dealkylation sites (tertiary alicyclic amines) is 1. The summed E-state index contributed by atoms with van der Waals surface area (Å²) in [5.74, 6) is -3.49. The van der Waals surface area contributed by atoms with Gasteiger partial charge in [0.05, 0.1) is 20.0 Å². The average molecular weight is 497 g/mol. The normalized spacial score (nSPS) is 15.9. The van der Waals surface area contributed by atoms with E-state index in [1.807, 2.05) is 6.07 Å². The van der Waals surface area contributed by atoms with E-state index in [1.165, 1.54) is 25.1 Å². The molecule has 0 saturated carbocycles. The lowest BCUT2D eigenvalue weighted by molar-refractivity contribution is -0.170. The van der Waals surface area contributed by atoms with Crippen molar-refractivity contribution in [1.29, 1.82) is 0 Å². The number of benzene rings is 1. The third-order valence-corrected chi connectivity index (χ3v) is 5.59. The van der Waals surface area contributed by atoms with Gasteiger partial charge in [-0.2, -0.15) is 0 Å². The molecule has 0 spiro atoms. The number of allylic oxidation sites excluding steroid dienone is 1. The number of carbonyl (C=O) groups is 3. The Balaban J connectivity index is 0.000000405. The molecule has 1 saturated heterocycles.